The first-order valence-corrected chi connectivity index (χ1v) is 10.9. The number of sulfonamides is 1. The topological polar surface area (TPSA) is 95.3 Å². The zero-order valence-electron chi connectivity index (χ0n) is 13.7. The number of benzene rings is 2. The third-order valence-corrected chi connectivity index (χ3v) is 7.28. The van der Waals surface area contributed by atoms with Crippen molar-refractivity contribution >= 4 is 19.9 Å². The molecule has 0 saturated heterocycles. The van der Waals surface area contributed by atoms with Gasteiger partial charge in [0.05, 0.1) is 28.3 Å². The van der Waals surface area contributed by atoms with Crippen LogP contribution < -0.4 is 0 Å². The molecule has 0 aliphatic carbocycles. The fraction of sp³-hybridized carbons (Fsp3) is 0.167. The van der Waals surface area contributed by atoms with Gasteiger partial charge in [-0.1, -0.05) is 42.5 Å². The van der Waals surface area contributed by atoms with Gasteiger partial charge in [-0.15, -0.1) is 0 Å². The van der Waals surface area contributed by atoms with Crippen LogP contribution in [0.25, 0.3) is 0 Å². The maximum absolute atomic E-state index is 13.2. The lowest BCUT2D eigenvalue weighted by Gasteiger charge is -2.27. The molecule has 8 heteroatoms. The van der Waals surface area contributed by atoms with Gasteiger partial charge in [0, 0.05) is 12.0 Å². The SMILES string of the molecule is N#Cc1cccc(S(=O)(=O)N(Cc2ccccc2)[C@@H]2C=CS(=O)(=O)C2)c1. The van der Waals surface area contributed by atoms with E-state index < -0.39 is 25.9 Å². The first-order valence-electron chi connectivity index (χ1n) is 7.79. The summed E-state index contributed by atoms with van der Waals surface area (Å²) >= 11 is 0. The minimum absolute atomic E-state index is 0.0322. The molecular weight excluding hydrogens is 372 g/mol. The Hall–Kier alpha value is -2.47. The Bertz CT molecular complexity index is 1090. The monoisotopic (exact) mass is 388 g/mol. The van der Waals surface area contributed by atoms with E-state index in [4.69, 9.17) is 5.26 Å². The molecule has 1 heterocycles. The van der Waals surface area contributed by atoms with Crippen molar-refractivity contribution in [3.8, 4) is 6.07 Å². The standard InChI is InChI=1S/C18H16N2O4S2/c19-12-16-7-4-8-18(11-16)26(23,24)20(13-15-5-2-1-3-6-15)17-9-10-25(21,22)14-17/h1-11,17H,13-14H2/t17-/m1/s1. The van der Waals surface area contributed by atoms with Crippen molar-refractivity contribution < 1.29 is 16.8 Å². The highest BCUT2D eigenvalue weighted by Crippen LogP contribution is 2.26. The van der Waals surface area contributed by atoms with Crippen LogP contribution >= 0.6 is 0 Å². The van der Waals surface area contributed by atoms with Crippen LogP contribution in [-0.2, 0) is 26.4 Å². The summed E-state index contributed by atoms with van der Waals surface area (Å²) in [6.45, 7) is 0.0322. The van der Waals surface area contributed by atoms with Gasteiger partial charge in [0.25, 0.3) is 0 Å². The number of nitrogens with zero attached hydrogens (tertiary/aromatic N) is 2. The van der Waals surface area contributed by atoms with E-state index in [-0.39, 0.29) is 22.8 Å². The molecule has 0 saturated carbocycles. The van der Waals surface area contributed by atoms with Gasteiger partial charge < -0.3 is 0 Å². The first kappa shape index (κ1) is 18.3. The van der Waals surface area contributed by atoms with Crippen molar-refractivity contribution in [2.45, 2.75) is 17.5 Å². The third-order valence-electron chi connectivity index (χ3n) is 4.03. The molecule has 0 bridgehead atoms. The van der Waals surface area contributed by atoms with Crippen LogP contribution in [0.5, 0.6) is 0 Å². The molecule has 0 amide bonds. The van der Waals surface area contributed by atoms with Crippen LogP contribution in [0.1, 0.15) is 11.1 Å². The zero-order valence-corrected chi connectivity index (χ0v) is 15.3. The van der Waals surface area contributed by atoms with E-state index in [0.717, 1.165) is 11.0 Å². The molecule has 1 aliphatic heterocycles. The number of hydrogen-bond donors (Lipinski definition) is 0. The second-order valence-electron chi connectivity index (χ2n) is 5.90. The van der Waals surface area contributed by atoms with E-state index in [2.05, 4.69) is 0 Å². The molecule has 2 aromatic rings. The molecule has 0 unspecified atom stereocenters. The molecule has 134 valence electrons. The molecule has 2 aromatic carbocycles. The second-order valence-corrected chi connectivity index (χ2v) is 9.72. The maximum Gasteiger partial charge on any atom is 0.243 e. The molecule has 0 fully saturated rings. The van der Waals surface area contributed by atoms with Crippen LogP contribution in [0.3, 0.4) is 0 Å². The fourth-order valence-corrected chi connectivity index (χ4v) is 5.75. The van der Waals surface area contributed by atoms with Gasteiger partial charge in [-0.2, -0.15) is 9.57 Å². The van der Waals surface area contributed by atoms with Crippen LogP contribution in [0.15, 0.2) is 71.0 Å². The second kappa shape index (κ2) is 7.03. The van der Waals surface area contributed by atoms with Gasteiger partial charge in [-0.05, 0) is 23.8 Å². The van der Waals surface area contributed by atoms with E-state index in [1.54, 1.807) is 24.3 Å². The minimum atomic E-state index is -4.00. The Kier molecular flexibility index (Phi) is 4.96. The fourth-order valence-electron chi connectivity index (χ4n) is 2.74. The van der Waals surface area contributed by atoms with Gasteiger partial charge in [0.2, 0.25) is 10.0 Å². The molecule has 26 heavy (non-hydrogen) atoms. The predicted molar refractivity (Wildman–Crippen MR) is 97.0 cm³/mol. The molecule has 3 rings (SSSR count). The minimum Gasteiger partial charge on any atom is -0.224 e. The van der Waals surface area contributed by atoms with E-state index >= 15 is 0 Å². The lowest BCUT2D eigenvalue weighted by molar-refractivity contribution is 0.375. The average Bonchev–Trinajstić information content (AvgIpc) is 3.00. The van der Waals surface area contributed by atoms with E-state index in [0.29, 0.717) is 0 Å². The van der Waals surface area contributed by atoms with Crippen molar-refractivity contribution in [1.82, 2.24) is 4.31 Å². The van der Waals surface area contributed by atoms with Crippen LogP contribution in [-0.4, -0.2) is 32.9 Å². The molecule has 1 atom stereocenters. The van der Waals surface area contributed by atoms with E-state index in [9.17, 15) is 16.8 Å². The van der Waals surface area contributed by atoms with Crippen LogP contribution in [0, 0.1) is 11.3 Å². The third kappa shape index (κ3) is 3.85. The van der Waals surface area contributed by atoms with Gasteiger partial charge in [-0.3, -0.25) is 0 Å². The quantitative estimate of drug-likeness (QED) is 0.781. The first-order chi connectivity index (χ1) is 12.3. The highest BCUT2D eigenvalue weighted by molar-refractivity contribution is 7.94. The number of nitriles is 1. The van der Waals surface area contributed by atoms with E-state index in [1.807, 2.05) is 12.1 Å². The summed E-state index contributed by atoms with van der Waals surface area (Å²) < 4.78 is 51.2. The van der Waals surface area contributed by atoms with Crippen molar-refractivity contribution in [1.29, 1.82) is 5.26 Å². The molecule has 0 radical (unpaired) electrons. The Morgan fingerprint density at radius 1 is 1.12 bits per heavy atom. The summed E-state index contributed by atoms with van der Waals surface area (Å²) in [5.74, 6) is -0.295. The van der Waals surface area contributed by atoms with Gasteiger partial charge >= 0.3 is 0 Å². The molecule has 1 aliphatic rings. The zero-order chi connectivity index (χ0) is 18.8. The Morgan fingerprint density at radius 2 is 1.85 bits per heavy atom. The van der Waals surface area contributed by atoms with Gasteiger partial charge in [0.15, 0.2) is 9.84 Å². The maximum atomic E-state index is 13.2. The smallest absolute Gasteiger partial charge is 0.224 e. The Balaban J connectivity index is 2.04. The molecule has 0 N–H and O–H groups in total. The molecule has 0 aromatic heterocycles. The Morgan fingerprint density at radius 3 is 2.46 bits per heavy atom. The van der Waals surface area contributed by atoms with Gasteiger partial charge in [-0.25, -0.2) is 16.8 Å². The Labute approximate surface area is 153 Å². The molecule has 0 spiro atoms. The van der Waals surface area contributed by atoms with Crippen molar-refractivity contribution in [3.63, 3.8) is 0 Å². The van der Waals surface area contributed by atoms with Crippen LogP contribution in [0.4, 0.5) is 0 Å². The number of rotatable bonds is 5. The average molecular weight is 388 g/mol. The molecular formula is C18H16N2O4S2. The normalized spacial score (nSPS) is 18.7. The predicted octanol–water partition coefficient (Wildman–Crippen LogP) is 2.06. The summed E-state index contributed by atoms with van der Waals surface area (Å²) in [4.78, 5) is -0.0369. The van der Waals surface area contributed by atoms with Gasteiger partial charge in [0.1, 0.15) is 0 Å². The number of hydrogen-bond acceptors (Lipinski definition) is 5. The summed E-state index contributed by atoms with van der Waals surface area (Å²) in [7, 11) is -7.43. The van der Waals surface area contributed by atoms with E-state index in [1.165, 1.54) is 34.6 Å². The van der Waals surface area contributed by atoms with Crippen molar-refractivity contribution in [3.05, 3.63) is 77.2 Å². The molecule has 6 nitrogen and oxygen atoms in total. The summed E-state index contributed by atoms with van der Waals surface area (Å²) in [5, 5.41) is 10.1. The highest BCUT2D eigenvalue weighted by atomic mass is 32.2. The lowest BCUT2D eigenvalue weighted by Crippen LogP contribution is -2.40. The highest BCUT2D eigenvalue weighted by Gasteiger charge is 2.35. The summed E-state index contributed by atoms with van der Waals surface area (Å²) in [5.41, 5.74) is 0.963. The summed E-state index contributed by atoms with van der Waals surface area (Å²) in [6.07, 6.45) is 1.39. The summed E-state index contributed by atoms with van der Waals surface area (Å²) in [6, 6.07) is 15.8. The van der Waals surface area contributed by atoms with Crippen molar-refractivity contribution in [2.24, 2.45) is 0 Å². The van der Waals surface area contributed by atoms with Crippen LogP contribution in [0.2, 0.25) is 0 Å². The lowest BCUT2D eigenvalue weighted by atomic mass is 10.2. The number of sulfone groups is 1. The van der Waals surface area contributed by atoms with Crippen molar-refractivity contribution in [2.75, 3.05) is 5.75 Å². The largest absolute Gasteiger partial charge is 0.243 e.